The number of imidazole rings is 1. The zero-order valence-electron chi connectivity index (χ0n) is 10.5. The third-order valence-corrected chi connectivity index (χ3v) is 3.00. The number of aromatic nitrogens is 2. The molecule has 4 nitrogen and oxygen atoms in total. The van der Waals surface area contributed by atoms with E-state index >= 15 is 0 Å². The Hall–Kier alpha value is -1.39. The number of nitrogens with two attached hydrogens (primary N) is 1. The van der Waals surface area contributed by atoms with Gasteiger partial charge in [0.15, 0.2) is 0 Å². The molecule has 4 heteroatoms. The summed E-state index contributed by atoms with van der Waals surface area (Å²) in [5.74, 6) is 0.293. The van der Waals surface area contributed by atoms with Gasteiger partial charge in [0.2, 0.25) is 0 Å². The topological polar surface area (TPSA) is 63.5 Å². The normalized spacial score (nSPS) is 13.5. The first-order valence-corrected chi connectivity index (χ1v) is 5.90. The first kappa shape index (κ1) is 12.1. The van der Waals surface area contributed by atoms with E-state index in [1.807, 2.05) is 29.5 Å². The van der Waals surface area contributed by atoms with E-state index in [1.165, 1.54) is 0 Å². The lowest BCUT2D eigenvalue weighted by atomic mass is 10.0. The number of aryl methyl sites for hydroxylation is 1. The zero-order valence-corrected chi connectivity index (χ0v) is 10.5. The number of rotatable bonds is 3. The van der Waals surface area contributed by atoms with E-state index in [0.717, 1.165) is 22.7 Å². The van der Waals surface area contributed by atoms with Crippen molar-refractivity contribution in [2.45, 2.75) is 32.7 Å². The third-order valence-electron chi connectivity index (χ3n) is 3.00. The molecule has 0 amide bonds. The van der Waals surface area contributed by atoms with E-state index in [0.29, 0.717) is 5.92 Å². The minimum Gasteiger partial charge on any atom is -0.394 e. The van der Waals surface area contributed by atoms with Crippen molar-refractivity contribution in [2.75, 3.05) is 6.61 Å². The summed E-state index contributed by atoms with van der Waals surface area (Å²) in [5, 5.41) is 9.30. The molecule has 0 aromatic carbocycles. The van der Waals surface area contributed by atoms with Crippen LogP contribution in [0.4, 0.5) is 0 Å². The van der Waals surface area contributed by atoms with Crippen LogP contribution in [0.5, 0.6) is 0 Å². The molecule has 1 atom stereocenters. The highest BCUT2D eigenvalue weighted by atomic mass is 16.3. The monoisotopic (exact) mass is 233 g/mol. The second-order valence-corrected chi connectivity index (χ2v) is 4.69. The maximum atomic E-state index is 9.30. The lowest BCUT2D eigenvalue weighted by Gasteiger charge is -2.14. The Balaban J connectivity index is 2.78. The van der Waals surface area contributed by atoms with Crippen LogP contribution in [0.15, 0.2) is 18.2 Å². The average Bonchev–Trinajstić information content (AvgIpc) is 2.69. The Morgan fingerprint density at radius 2 is 2.12 bits per heavy atom. The van der Waals surface area contributed by atoms with Gasteiger partial charge in [-0.3, -0.25) is 4.40 Å². The standard InChI is InChI=1S/C13H19N3O/c1-8(2)12-13(10(14)7-17)16-9(3)5-4-6-11(16)15-12/h4-6,8,10,17H,7,14H2,1-3H3. The van der Waals surface area contributed by atoms with E-state index in [4.69, 9.17) is 5.73 Å². The summed E-state index contributed by atoms with van der Waals surface area (Å²) in [5.41, 5.74) is 9.88. The molecule has 0 aliphatic carbocycles. The fourth-order valence-electron chi connectivity index (χ4n) is 2.17. The quantitative estimate of drug-likeness (QED) is 0.849. The van der Waals surface area contributed by atoms with Gasteiger partial charge >= 0.3 is 0 Å². The third kappa shape index (κ3) is 1.94. The van der Waals surface area contributed by atoms with Crippen molar-refractivity contribution in [1.82, 2.24) is 9.38 Å². The van der Waals surface area contributed by atoms with Crippen LogP contribution >= 0.6 is 0 Å². The van der Waals surface area contributed by atoms with Gasteiger partial charge in [0.25, 0.3) is 0 Å². The second kappa shape index (κ2) is 4.47. The molecule has 92 valence electrons. The fraction of sp³-hybridized carbons (Fsp3) is 0.462. The number of fused-ring (bicyclic) bond motifs is 1. The van der Waals surface area contributed by atoms with Crippen molar-refractivity contribution in [3.63, 3.8) is 0 Å². The lowest BCUT2D eigenvalue weighted by Crippen LogP contribution is -2.19. The number of hydrogen-bond acceptors (Lipinski definition) is 3. The Morgan fingerprint density at radius 3 is 2.71 bits per heavy atom. The van der Waals surface area contributed by atoms with Crippen molar-refractivity contribution < 1.29 is 5.11 Å². The second-order valence-electron chi connectivity index (χ2n) is 4.69. The highest BCUT2D eigenvalue weighted by molar-refractivity contribution is 5.46. The summed E-state index contributed by atoms with van der Waals surface area (Å²) >= 11 is 0. The zero-order chi connectivity index (χ0) is 12.6. The molecule has 2 aromatic rings. The predicted molar refractivity (Wildman–Crippen MR) is 68.0 cm³/mol. The number of hydrogen-bond donors (Lipinski definition) is 2. The highest BCUT2D eigenvalue weighted by Gasteiger charge is 2.20. The maximum absolute atomic E-state index is 9.30. The molecular weight excluding hydrogens is 214 g/mol. The molecule has 0 bridgehead atoms. The van der Waals surface area contributed by atoms with Crippen molar-refractivity contribution >= 4 is 5.65 Å². The summed E-state index contributed by atoms with van der Waals surface area (Å²) in [6.45, 7) is 6.13. The van der Waals surface area contributed by atoms with Crippen molar-refractivity contribution in [2.24, 2.45) is 5.73 Å². The van der Waals surface area contributed by atoms with E-state index in [-0.39, 0.29) is 12.6 Å². The van der Waals surface area contributed by atoms with Crippen LogP contribution in [0.1, 0.15) is 42.9 Å². The molecule has 0 aliphatic heterocycles. The van der Waals surface area contributed by atoms with Crippen molar-refractivity contribution in [3.8, 4) is 0 Å². The summed E-state index contributed by atoms with van der Waals surface area (Å²) in [4.78, 5) is 4.61. The first-order chi connectivity index (χ1) is 8.06. The summed E-state index contributed by atoms with van der Waals surface area (Å²) in [7, 11) is 0. The molecule has 1 unspecified atom stereocenters. The fourth-order valence-corrected chi connectivity index (χ4v) is 2.17. The molecule has 0 radical (unpaired) electrons. The minimum absolute atomic E-state index is 0.0676. The molecule has 2 aromatic heterocycles. The Labute approximate surface area is 101 Å². The molecule has 2 rings (SSSR count). The van der Waals surface area contributed by atoms with Crippen LogP contribution < -0.4 is 5.73 Å². The van der Waals surface area contributed by atoms with Gasteiger partial charge in [-0.15, -0.1) is 0 Å². The highest BCUT2D eigenvalue weighted by Crippen LogP contribution is 2.25. The van der Waals surface area contributed by atoms with E-state index < -0.39 is 0 Å². The SMILES string of the molecule is Cc1cccc2nc(C(C)C)c(C(N)CO)n12. The summed E-state index contributed by atoms with van der Waals surface area (Å²) in [6.07, 6.45) is 0. The van der Waals surface area contributed by atoms with Gasteiger partial charge in [-0.25, -0.2) is 4.98 Å². The van der Waals surface area contributed by atoms with Gasteiger partial charge in [0.1, 0.15) is 5.65 Å². The molecule has 0 saturated heterocycles. The van der Waals surface area contributed by atoms with Gasteiger partial charge in [-0.2, -0.15) is 0 Å². The predicted octanol–water partition coefficient (Wildman–Crippen LogP) is 1.76. The van der Waals surface area contributed by atoms with Gasteiger partial charge in [-0.05, 0) is 25.0 Å². The van der Waals surface area contributed by atoms with Gasteiger partial charge in [-0.1, -0.05) is 19.9 Å². The molecule has 0 aliphatic rings. The smallest absolute Gasteiger partial charge is 0.137 e. The Morgan fingerprint density at radius 1 is 1.41 bits per heavy atom. The Bertz CT molecular complexity index is 531. The van der Waals surface area contributed by atoms with Crippen LogP contribution in [0.3, 0.4) is 0 Å². The number of nitrogens with zero attached hydrogens (tertiary/aromatic N) is 2. The van der Waals surface area contributed by atoms with Crippen molar-refractivity contribution in [3.05, 3.63) is 35.3 Å². The lowest BCUT2D eigenvalue weighted by molar-refractivity contribution is 0.264. The van der Waals surface area contributed by atoms with Gasteiger partial charge < -0.3 is 10.8 Å². The van der Waals surface area contributed by atoms with Crippen molar-refractivity contribution in [1.29, 1.82) is 0 Å². The molecule has 17 heavy (non-hydrogen) atoms. The first-order valence-electron chi connectivity index (χ1n) is 5.90. The van der Waals surface area contributed by atoms with E-state index in [2.05, 4.69) is 18.8 Å². The molecule has 0 saturated carbocycles. The van der Waals surface area contributed by atoms with Gasteiger partial charge in [0, 0.05) is 5.69 Å². The molecule has 2 heterocycles. The molecule has 0 fully saturated rings. The number of aliphatic hydroxyl groups is 1. The Kier molecular flexibility index (Phi) is 3.17. The van der Waals surface area contributed by atoms with Crippen LogP contribution in [0, 0.1) is 6.92 Å². The van der Waals surface area contributed by atoms with E-state index in [1.54, 1.807) is 0 Å². The summed E-state index contributed by atoms with van der Waals surface area (Å²) < 4.78 is 2.04. The molecule has 3 N–H and O–H groups in total. The largest absolute Gasteiger partial charge is 0.394 e. The van der Waals surface area contributed by atoms with Crippen LogP contribution in [0.2, 0.25) is 0 Å². The number of pyridine rings is 1. The van der Waals surface area contributed by atoms with Crippen LogP contribution in [0.25, 0.3) is 5.65 Å². The average molecular weight is 233 g/mol. The molecule has 0 spiro atoms. The number of aliphatic hydroxyl groups excluding tert-OH is 1. The van der Waals surface area contributed by atoms with Gasteiger partial charge in [0.05, 0.1) is 24.0 Å². The molecular formula is C13H19N3O. The van der Waals surface area contributed by atoms with Crippen LogP contribution in [-0.2, 0) is 0 Å². The van der Waals surface area contributed by atoms with Crippen LogP contribution in [-0.4, -0.2) is 21.1 Å². The summed E-state index contributed by atoms with van der Waals surface area (Å²) in [6, 6.07) is 5.58. The minimum atomic E-state index is -0.386. The maximum Gasteiger partial charge on any atom is 0.137 e. The van der Waals surface area contributed by atoms with E-state index in [9.17, 15) is 5.11 Å².